The van der Waals surface area contributed by atoms with E-state index in [1.165, 1.54) is 25.7 Å². The molecule has 5 heteroatoms. The Bertz CT molecular complexity index is 590. The molecule has 23 heavy (non-hydrogen) atoms. The van der Waals surface area contributed by atoms with E-state index in [2.05, 4.69) is 21.2 Å². The number of carbonyl (C=O) groups is 2. The standard InChI is InChI=1S/C18H23BrN2O2/c19-16-8-4-3-7-15(16)18(23)20-11-17(22)21-10-9-13-5-1-2-6-14(13)12-21/h3-4,7-8,13-14H,1-2,5-6,9-12H2,(H,20,23)/t13-,14+/m0/s1. The van der Waals surface area contributed by atoms with Gasteiger partial charge in [0.25, 0.3) is 5.91 Å². The summed E-state index contributed by atoms with van der Waals surface area (Å²) in [6.07, 6.45) is 6.33. The molecule has 4 nitrogen and oxygen atoms in total. The van der Waals surface area contributed by atoms with Gasteiger partial charge in [0.2, 0.25) is 5.91 Å². The molecule has 0 unspecified atom stereocenters. The molecule has 2 amide bonds. The molecule has 124 valence electrons. The lowest BCUT2D eigenvalue weighted by Gasteiger charge is -2.41. The van der Waals surface area contributed by atoms with Crippen molar-refractivity contribution in [3.8, 4) is 0 Å². The molecule has 2 aliphatic rings. The first-order valence-corrected chi connectivity index (χ1v) is 9.25. The van der Waals surface area contributed by atoms with E-state index < -0.39 is 0 Å². The molecule has 3 rings (SSSR count). The topological polar surface area (TPSA) is 49.4 Å². The summed E-state index contributed by atoms with van der Waals surface area (Å²) in [6, 6.07) is 7.25. The second-order valence-corrected chi connectivity index (χ2v) is 7.45. The highest BCUT2D eigenvalue weighted by Crippen LogP contribution is 2.35. The van der Waals surface area contributed by atoms with Crippen LogP contribution >= 0.6 is 15.9 Å². The molecule has 0 radical (unpaired) electrons. The lowest BCUT2D eigenvalue weighted by molar-refractivity contribution is -0.133. The van der Waals surface area contributed by atoms with Gasteiger partial charge in [0.05, 0.1) is 12.1 Å². The fraction of sp³-hybridized carbons (Fsp3) is 0.556. The molecule has 2 atom stereocenters. The molecule has 1 aliphatic carbocycles. The minimum absolute atomic E-state index is 0.0365. The van der Waals surface area contributed by atoms with Crippen LogP contribution in [0.5, 0.6) is 0 Å². The molecule has 1 heterocycles. The highest BCUT2D eigenvalue weighted by molar-refractivity contribution is 9.10. The van der Waals surface area contributed by atoms with Crippen molar-refractivity contribution in [2.45, 2.75) is 32.1 Å². The van der Waals surface area contributed by atoms with Crippen LogP contribution in [0.15, 0.2) is 28.7 Å². The van der Waals surface area contributed by atoms with E-state index in [-0.39, 0.29) is 18.4 Å². The third-order valence-electron chi connectivity index (χ3n) is 5.16. The van der Waals surface area contributed by atoms with Gasteiger partial charge in [-0.15, -0.1) is 0 Å². The molecule has 1 aliphatic heterocycles. The number of nitrogens with one attached hydrogen (secondary N) is 1. The van der Waals surface area contributed by atoms with Gasteiger partial charge in [0.1, 0.15) is 0 Å². The summed E-state index contributed by atoms with van der Waals surface area (Å²) in [5.41, 5.74) is 0.561. The molecule has 2 fully saturated rings. The van der Waals surface area contributed by atoms with Crippen molar-refractivity contribution in [2.24, 2.45) is 11.8 Å². The molecule has 0 spiro atoms. The largest absolute Gasteiger partial charge is 0.343 e. The number of hydrogen-bond donors (Lipinski definition) is 1. The van der Waals surface area contributed by atoms with E-state index in [9.17, 15) is 9.59 Å². The Morgan fingerprint density at radius 3 is 2.65 bits per heavy atom. The molecule has 0 bridgehead atoms. The number of benzene rings is 1. The maximum atomic E-state index is 12.4. The average molecular weight is 379 g/mol. The number of halogens is 1. The van der Waals surface area contributed by atoms with Crippen molar-refractivity contribution >= 4 is 27.7 Å². The van der Waals surface area contributed by atoms with Gasteiger partial charge in [-0.3, -0.25) is 9.59 Å². The van der Waals surface area contributed by atoms with Gasteiger partial charge < -0.3 is 10.2 Å². The monoisotopic (exact) mass is 378 g/mol. The van der Waals surface area contributed by atoms with Gasteiger partial charge in [0.15, 0.2) is 0 Å². The maximum absolute atomic E-state index is 12.4. The Morgan fingerprint density at radius 1 is 1.13 bits per heavy atom. The van der Waals surface area contributed by atoms with E-state index in [0.29, 0.717) is 11.5 Å². The smallest absolute Gasteiger partial charge is 0.252 e. The average Bonchev–Trinajstić information content (AvgIpc) is 2.59. The van der Waals surface area contributed by atoms with Crippen LogP contribution in [0.4, 0.5) is 0 Å². The molecule has 1 N–H and O–H groups in total. The SMILES string of the molecule is O=C(NCC(=O)N1CC[C@@H]2CCCC[C@@H]2C1)c1ccccc1Br. The molecule has 0 aromatic heterocycles. The Kier molecular flexibility index (Phi) is 5.36. The zero-order chi connectivity index (χ0) is 16.2. The van der Waals surface area contributed by atoms with Crippen LogP contribution in [0.2, 0.25) is 0 Å². The number of nitrogens with zero attached hydrogens (tertiary/aromatic N) is 1. The molecule has 1 aromatic rings. The summed E-state index contributed by atoms with van der Waals surface area (Å²) in [7, 11) is 0. The fourth-order valence-corrected chi connectivity index (χ4v) is 4.30. The summed E-state index contributed by atoms with van der Waals surface area (Å²) in [5, 5.41) is 2.75. The summed E-state index contributed by atoms with van der Waals surface area (Å²) in [6.45, 7) is 1.79. The summed E-state index contributed by atoms with van der Waals surface area (Å²) in [5.74, 6) is 1.30. The lowest BCUT2D eigenvalue weighted by Crippen LogP contribution is -2.48. The van der Waals surface area contributed by atoms with Gasteiger partial charge in [-0.05, 0) is 52.7 Å². The minimum atomic E-state index is -0.210. The van der Waals surface area contributed by atoms with E-state index in [1.807, 2.05) is 23.1 Å². The quantitative estimate of drug-likeness (QED) is 0.877. The van der Waals surface area contributed by atoms with Crippen molar-refractivity contribution in [2.75, 3.05) is 19.6 Å². The second-order valence-electron chi connectivity index (χ2n) is 6.60. The van der Waals surface area contributed by atoms with Crippen LogP contribution in [0.25, 0.3) is 0 Å². The summed E-state index contributed by atoms with van der Waals surface area (Å²) >= 11 is 3.36. The first kappa shape index (κ1) is 16.5. The van der Waals surface area contributed by atoms with Gasteiger partial charge in [0, 0.05) is 17.6 Å². The Labute approximate surface area is 145 Å². The molecule has 1 aromatic carbocycles. The number of piperidine rings is 1. The molecular weight excluding hydrogens is 356 g/mol. The van der Waals surface area contributed by atoms with Crippen LogP contribution in [0, 0.1) is 11.8 Å². The predicted molar refractivity (Wildman–Crippen MR) is 93.1 cm³/mol. The summed E-state index contributed by atoms with van der Waals surface area (Å²) < 4.78 is 0.743. The van der Waals surface area contributed by atoms with Crippen molar-refractivity contribution in [3.63, 3.8) is 0 Å². The van der Waals surface area contributed by atoms with Crippen molar-refractivity contribution in [3.05, 3.63) is 34.3 Å². The van der Waals surface area contributed by atoms with E-state index in [0.717, 1.165) is 29.9 Å². The van der Waals surface area contributed by atoms with Gasteiger partial charge in [-0.25, -0.2) is 0 Å². The number of rotatable bonds is 3. The lowest BCUT2D eigenvalue weighted by atomic mass is 9.75. The highest BCUT2D eigenvalue weighted by Gasteiger charge is 2.32. The second kappa shape index (κ2) is 7.47. The number of hydrogen-bond acceptors (Lipinski definition) is 2. The van der Waals surface area contributed by atoms with Crippen LogP contribution in [0.3, 0.4) is 0 Å². The third kappa shape index (κ3) is 3.94. The predicted octanol–water partition coefficient (Wildman–Crippen LogP) is 3.22. The normalized spacial score (nSPS) is 24.0. The zero-order valence-electron chi connectivity index (χ0n) is 13.3. The Balaban J connectivity index is 1.51. The van der Waals surface area contributed by atoms with Crippen LogP contribution in [-0.2, 0) is 4.79 Å². The van der Waals surface area contributed by atoms with Gasteiger partial charge in [-0.2, -0.15) is 0 Å². The Morgan fingerprint density at radius 2 is 1.87 bits per heavy atom. The molecule has 1 saturated carbocycles. The number of likely N-dealkylation sites (tertiary alicyclic amines) is 1. The fourth-order valence-electron chi connectivity index (χ4n) is 3.84. The summed E-state index contributed by atoms with van der Waals surface area (Å²) in [4.78, 5) is 26.5. The number of carbonyl (C=O) groups excluding carboxylic acids is 2. The van der Waals surface area contributed by atoms with Crippen LogP contribution in [0.1, 0.15) is 42.5 Å². The molecular formula is C18H23BrN2O2. The zero-order valence-corrected chi connectivity index (χ0v) is 14.8. The van der Waals surface area contributed by atoms with Crippen LogP contribution < -0.4 is 5.32 Å². The molecule has 1 saturated heterocycles. The van der Waals surface area contributed by atoms with Crippen molar-refractivity contribution in [1.82, 2.24) is 10.2 Å². The minimum Gasteiger partial charge on any atom is -0.343 e. The number of amides is 2. The highest BCUT2D eigenvalue weighted by atomic mass is 79.9. The van der Waals surface area contributed by atoms with E-state index >= 15 is 0 Å². The first-order chi connectivity index (χ1) is 11.1. The number of fused-ring (bicyclic) bond motifs is 1. The van der Waals surface area contributed by atoms with Gasteiger partial charge >= 0.3 is 0 Å². The maximum Gasteiger partial charge on any atom is 0.252 e. The van der Waals surface area contributed by atoms with E-state index in [1.54, 1.807) is 6.07 Å². The van der Waals surface area contributed by atoms with E-state index in [4.69, 9.17) is 0 Å². The van der Waals surface area contributed by atoms with Crippen molar-refractivity contribution in [1.29, 1.82) is 0 Å². The van der Waals surface area contributed by atoms with Crippen molar-refractivity contribution < 1.29 is 9.59 Å². The third-order valence-corrected chi connectivity index (χ3v) is 5.85. The first-order valence-electron chi connectivity index (χ1n) is 8.45. The van der Waals surface area contributed by atoms with Crippen LogP contribution in [-0.4, -0.2) is 36.3 Å². The van der Waals surface area contributed by atoms with Gasteiger partial charge in [-0.1, -0.05) is 31.4 Å². The Hall–Kier alpha value is -1.36.